The first-order valence-electron chi connectivity index (χ1n) is 7.39. The van der Waals surface area contributed by atoms with Gasteiger partial charge in [-0.25, -0.2) is 0 Å². The highest BCUT2D eigenvalue weighted by molar-refractivity contribution is 5.91. The molecule has 2 N–H and O–H groups in total. The van der Waals surface area contributed by atoms with Crippen LogP contribution in [0.4, 0.5) is 0 Å². The Labute approximate surface area is 135 Å². The van der Waals surface area contributed by atoms with Crippen molar-refractivity contribution in [1.82, 2.24) is 10.3 Å². The first-order chi connectivity index (χ1) is 11.1. The molecular weight excluding hydrogens is 292 g/mol. The topological polar surface area (TPSA) is 71.5 Å². The summed E-state index contributed by atoms with van der Waals surface area (Å²) in [6.45, 7) is 2.32. The third-order valence-corrected chi connectivity index (χ3v) is 3.01. The van der Waals surface area contributed by atoms with E-state index in [0.29, 0.717) is 6.61 Å². The maximum atomic E-state index is 11.5. The van der Waals surface area contributed by atoms with Crippen molar-refractivity contribution >= 4 is 12.0 Å². The molecular formula is C18H20N2O3. The third kappa shape index (κ3) is 6.32. The summed E-state index contributed by atoms with van der Waals surface area (Å²) in [6.07, 6.45) is 6.09. The highest BCUT2D eigenvalue weighted by Crippen LogP contribution is 2.14. The monoisotopic (exact) mass is 312 g/mol. The molecule has 120 valence electrons. The Kier molecular flexibility index (Phi) is 6.32. The van der Waals surface area contributed by atoms with Crippen LogP contribution in [0.1, 0.15) is 18.1 Å². The van der Waals surface area contributed by atoms with Gasteiger partial charge in [-0.2, -0.15) is 0 Å². The predicted octanol–water partition coefficient (Wildman–Crippen LogP) is 2.17. The molecule has 1 unspecified atom stereocenters. The van der Waals surface area contributed by atoms with Gasteiger partial charge in [0.15, 0.2) is 0 Å². The number of carbonyl (C=O) groups excluding carboxylic acids is 1. The van der Waals surface area contributed by atoms with E-state index < -0.39 is 6.10 Å². The van der Waals surface area contributed by atoms with Crippen LogP contribution in [0.25, 0.3) is 6.08 Å². The molecule has 0 saturated carbocycles. The van der Waals surface area contributed by atoms with Crippen molar-refractivity contribution in [2.24, 2.45) is 0 Å². The van der Waals surface area contributed by atoms with Crippen molar-refractivity contribution in [2.45, 2.75) is 19.6 Å². The van der Waals surface area contributed by atoms with Gasteiger partial charge < -0.3 is 15.2 Å². The van der Waals surface area contributed by atoms with Crippen molar-refractivity contribution in [3.63, 3.8) is 0 Å². The third-order valence-electron chi connectivity index (χ3n) is 3.01. The van der Waals surface area contributed by atoms with Gasteiger partial charge in [-0.05, 0) is 36.8 Å². The lowest BCUT2D eigenvalue weighted by atomic mass is 10.2. The maximum Gasteiger partial charge on any atom is 0.244 e. The Morgan fingerprint density at radius 2 is 2.13 bits per heavy atom. The number of aromatic nitrogens is 1. The number of carbonyl (C=O) groups is 1. The number of amides is 1. The number of nitrogens with zero attached hydrogens (tertiary/aromatic N) is 1. The number of hydrogen-bond acceptors (Lipinski definition) is 4. The van der Waals surface area contributed by atoms with Gasteiger partial charge in [0.05, 0.1) is 6.10 Å². The van der Waals surface area contributed by atoms with Crippen LogP contribution < -0.4 is 10.1 Å². The van der Waals surface area contributed by atoms with E-state index in [2.05, 4.69) is 10.3 Å². The van der Waals surface area contributed by atoms with Crippen LogP contribution in [0.5, 0.6) is 5.75 Å². The highest BCUT2D eigenvalue weighted by Gasteiger charge is 1.99. The standard InChI is InChI=1S/C18H20N2O3/c1-14(21)11-20-18(22)9-6-15-4-7-17(8-5-15)23-13-16-3-2-10-19-12-16/h2-10,12,14,21H,11,13H2,1H3,(H,20,22)/b9-6+. The number of aliphatic hydroxyl groups excluding tert-OH is 1. The van der Waals surface area contributed by atoms with Crippen LogP contribution in [0.2, 0.25) is 0 Å². The second-order valence-corrected chi connectivity index (χ2v) is 5.15. The zero-order chi connectivity index (χ0) is 16.5. The Hall–Kier alpha value is -2.66. The minimum atomic E-state index is -0.552. The van der Waals surface area contributed by atoms with Crippen molar-refractivity contribution in [2.75, 3.05) is 6.54 Å². The molecule has 1 atom stereocenters. The molecule has 0 saturated heterocycles. The number of nitrogens with one attached hydrogen (secondary N) is 1. The Balaban J connectivity index is 1.83. The highest BCUT2D eigenvalue weighted by atomic mass is 16.5. The molecule has 23 heavy (non-hydrogen) atoms. The fourth-order valence-corrected chi connectivity index (χ4v) is 1.80. The Morgan fingerprint density at radius 3 is 2.78 bits per heavy atom. The van der Waals surface area contributed by atoms with E-state index in [1.165, 1.54) is 6.08 Å². The molecule has 0 aliphatic heterocycles. The summed E-state index contributed by atoms with van der Waals surface area (Å²) in [6, 6.07) is 11.3. The maximum absolute atomic E-state index is 11.5. The minimum Gasteiger partial charge on any atom is -0.489 e. The van der Waals surface area contributed by atoms with E-state index in [1.807, 2.05) is 36.4 Å². The van der Waals surface area contributed by atoms with Gasteiger partial charge >= 0.3 is 0 Å². The van der Waals surface area contributed by atoms with Crippen LogP contribution in [-0.2, 0) is 11.4 Å². The van der Waals surface area contributed by atoms with E-state index in [9.17, 15) is 4.79 Å². The number of aliphatic hydroxyl groups is 1. The molecule has 2 aromatic rings. The summed E-state index contributed by atoms with van der Waals surface area (Å²) in [5.74, 6) is 0.521. The predicted molar refractivity (Wildman–Crippen MR) is 88.7 cm³/mol. The number of rotatable bonds is 7. The zero-order valence-corrected chi connectivity index (χ0v) is 13.0. The first-order valence-corrected chi connectivity index (χ1v) is 7.39. The number of hydrogen-bond donors (Lipinski definition) is 2. The second-order valence-electron chi connectivity index (χ2n) is 5.15. The first kappa shape index (κ1) is 16.7. The van der Waals surface area contributed by atoms with Gasteiger partial charge in [0.1, 0.15) is 12.4 Å². The summed E-state index contributed by atoms with van der Waals surface area (Å²) >= 11 is 0. The molecule has 0 aliphatic carbocycles. The van der Waals surface area contributed by atoms with Crippen LogP contribution in [0, 0.1) is 0 Å². The largest absolute Gasteiger partial charge is 0.489 e. The van der Waals surface area contributed by atoms with E-state index >= 15 is 0 Å². The smallest absolute Gasteiger partial charge is 0.244 e. The fraction of sp³-hybridized carbons (Fsp3) is 0.222. The Morgan fingerprint density at radius 1 is 1.35 bits per heavy atom. The normalized spacial score (nSPS) is 12.1. The molecule has 1 heterocycles. The van der Waals surface area contributed by atoms with Gasteiger partial charge in [-0.15, -0.1) is 0 Å². The number of benzene rings is 1. The van der Waals surface area contributed by atoms with E-state index in [1.54, 1.807) is 25.4 Å². The molecule has 2 rings (SSSR count). The quantitative estimate of drug-likeness (QED) is 0.769. The summed E-state index contributed by atoms with van der Waals surface area (Å²) in [5, 5.41) is 11.7. The van der Waals surface area contributed by atoms with Crippen LogP contribution in [0.15, 0.2) is 54.9 Å². The number of ether oxygens (including phenoxy) is 1. The SMILES string of the molecule is CC(O)CNC(=O)/C=C/c1ccc(OCc2cccnc2)cc1. The zero-order valence-electron chi connectivity index (χ0n) is 13.0. The molecule has 0 spiro atoms. The lowest BCUT2D eigenvalue weighted by Crippen LogP contribution is -2.28. The summed E-state index contributed by atoms with van der Waals surface area (Å²) in [7, 11) is 0. The van der Waals surface area contributed by atoms with Gasteiger partial charge in [0.2, 0.25) is 5.91 Å². The van der Waals surface area contributed by atoms with Crippen molar-refractivity contribution in [1.29, 1.82) is 0 Å². The van der Waals surface area contributed by atoms with Crippen molar-refractivity contribution in [3.05, 3.63) is 66.0 Å². The van der Waals surface area contributed by atoms with Gasteiger partial charge in [-0.1, -0.05) is 18.2 Å². The average Bonchev–Trinajstić information content (AvgIpc) is 2.58. The molecule has 5 heteroatoms. The summed E-state index contributed by atoms with van der Waals surface area (Å²) in [4.78, 5) is 15.5. The summed E-state index contributed by atoms with van der Waals surface area (Å²) < 4.78 is 5.67. The van der Waals surface area contributed by atoms with Crippen LogP contribution in [0.3, 0.4) is 0 Å². The van der Waals surface area contributed by atoms with Crippen LogP contribution in [-0.4, -0.2) is 28.6 Å². The van der Waals surface area contributed by atoms with Gasteiger partial charge in [0, 0.05) is 30.6 Å². The average molecular weight is 312 g/mol. The van der Waals surface area contributed by atoms with Gasteiger partial charge in [0.25, 0.3) is 0 Å². The minimum absolute atomic E-state index is 0.234. The number of pyridine rings is 1. The second kappa shape index (κ2) is 8.70. The molecule has 0 fully saturated rings. The molecule has 1 aromatic heterocycles. The fourth-order valence-electron chi connectivity index (χ4n) is 1.80. The van der Waals surface area contributed by atoms with Crippen molar-refractivity contribution in [3.8, 4) is 5.75 Å². The Bertz CT molecular complexity index is 637. The summed E-state index contributed by atoms with van der Waals surface area (Å²) in [5.41, 5.74) is 1.90. The van der Waals surface area contributed by atoms with Crippen molar-refractivity contribution < 1.29 is 14.6 Å². The lowest BCUT2D eigenvalue weighted by Gasteiger charge is -2.06. The van der Waals surface area contributed by atoms with Crippen LogP contribution >= 0.6 is 0 Å². The molecule has 1 amide bonds. The molecule has 0 aliphatic rings. The van der Waals surface area contributed by atoms with E-state index in [-0.39, 0.29) is 12.5 Å². The van der Waals surface area contributed by atoms with E-state index in [4.69, 9.17) is 9.84 Å². The molecule has 0 bridgehead atoms. The van der Waals surface area contributed by atoms with E-state index in [0.717, 1.165) is 16.9 Å². The van der Waals surface area contributed by atoms with Gasteiger partial charge in [-0.3, -0.25) is 9.78 Å². The molecule has 0 radical (unpaired) electrons. The lowest BCUT2D eigenvalue weighted by molar-refractivity contribution is -0.116. The molecule has 1 aromatic carbocycles. The molecule has 5 nitrogen and oxygen atoms in total.